The quantitative estimate of drug-likeness (QED) is 0.649. The van der Waals surface area contributed by atoms with Crippen molar-refractivity contribution in [2.45, 2.75) is 6.61 Å². The van der Waals surface area contributed by atoms with Gasteiger partial charge in [0.05, 0.1) is 0 Å². The van der Waals surface area contributed by atoms with Crippen LogP contribution in [-0.4, -0.2) is 12.2 Å². The molecule has 0 aromatic carbocycles. The Morgan fingerprint density at radius 3 is 2.89 bits per heavy atom. The fourth-order valence-electron chi connectivity index (χ4n) is 0.586. The summed E-state index contributed by atoms with van der Waals surface area (Å²) in [7, 11) is 1.57. The summed E-state index contributed by atoms with van der Waals surface area (Å²) in [6.45, 7) is 0.403. The predicted octanol–water partition coefficient (Wildman–Crippen LogP) is 1.13. The first-order chi connectivity index (χ1) is 4.33. The minimum atomic E-state index is -0.0675. The second-order valence-electron chi connectivity index (χ2n) is 1.67. The Morgan fingerprint density at radius 1 is 1.67 bits per heavy atom. The fourth-order valence-corrected chi connectivity index (χ4v) is 0.586. The lowest BCUT2D eigenvalue weighted by Crippen LogP contribution is -1.81. The molecule has 0 radical (unpaired) electrons. The van der Waals surface area contributed by atoms with E-state index >= 15 is 0 Å². The van der Waals surface area contributed by atoms with E-state index in [1.807, 2.05) is 0 Å². The second kappa shape index (κ2) is 2.55. The summed E-state index contributed by atoms with van der Waals surface area (Å²) in [6, 6.07) is 3.15. The van der Waals surface area contributed by atoms with Gasteiger partial charge in [0.25, 0.3) is 5.95 Å². The van der Waals surface area contributed by atoms with Crippen LogP contribution in [0.1, 0.15) is 5.76 Å². The van der Waals surface area contributed by atoms with Gasteiger partial charge in [-0.2, -0.15) is 0 Å². The first-order valence-corrected chi connectivity index (χ1v) is 2.59. The van der Waals surface area contributed by atoms with Crippen molar-refractivity contribution in [1.82, 2.24) is 0 Å². The molecule has 1 heterocycles. The van der Waals surface area contributed by atoms with Gasteiger partial charge in [0.1, 0.15) is 12.4 Å². The first kappa shape index (κ1) is 6.16. The van der Waals surface area contributed by atoms with Gasteiger partial charge < -0.3 is 14.3 Å². The van der Waals surface area contributed by atoms with Crippen molar-refractivity contribution in [2.24, 2.45) is 0 Å². The maximum atomic E-state index is 8.66. The lowest BCUT2D eigenvalue weighted by molar-refractivity contribution is 0.158. The normalized spacial score (nSPS) is 9.89. The van der Waals surface area contributed by atoms with Crippen LogP contribution in [0, 0.1) is 0 Å². The van der Waals surface area contributed by atoms with Gasteiger partial charge in [-0.3, -0.25) is 0 Å². The molecule has 0 aliphatic heterocycles. The Bertz CT molecular complexity index is 180. The summed E-state index contributed by atoms with van der Waals surface area (Å²) in [5, 5.41) is 8.66. The van der Waals surface area contributed by atoms with Gasteiger partial charge in [-0.25, -0.2) is 0 Å². The molecule has 9 heavy (non-hydrogen) atoms. The van der Waals surface area contributed by atoms with E-state index in [1.54, 1.807) is 13.2 Å². The average molecular weight is 128 g/mol. The van der Waals surface area contributed by atoms with Crippen LogP contribution in [0.15, 0.2) is 16.5 Å². The molecule has 3 heteroatoms. The standard InChI is InChI=1S/C6H8O3/c1-8-4-5-2-3-6(7)9-5/h2-3,7H,4H2,1H3. The van der Waals surface area contributed by atoms with E-state index < -0.39 is 0 Å². The molecule has 1 aromatic rings. The zero-order chi connectivity index (χ0) is 6.69. The average Bonchev–Trinajstić information content (AvgIpc) is 2.17. The Labute approximate surface area is 52.9 Å². The van der Waals surface area contributed by atoms with Crippen LogP contribution in [-0.2, 0) is 11.3 Å². The van der Waals surface area contributed by atoms with Gasteiger partial charge in [-0.1, -0.05) is 0 Å². The van der Waals surface area contributed by atoms with E-state index in [0.29, 0.717) is 12.4 Å². The highest BCUT2D eigenvalue weighted by Gasteiger charge is 1.96. The van der Waals surface area contributed by atoms with Gasteiger partial charge in [-0.05, 0) is 6.07 Å². The highest BCUT2D eigenvalue weighted by molar-refractivity contribution is 5.09. The minimum Gasteiger partial charge on any atom is -0.481 e. The van der Waals surface area contributed by atoms with E-state index in [4.69, 9.17) is 14.3 Å². The van der Waals surface area contributed by atoms with E-state index in [2.05, 4.69) is 0 Å². The van der Waals surface area contributed by atoms with E-state index in [0.717, 1.165) is 0 Å². The second-order valence-corrected chi connectivity index (χ2v) is 1.67. The zero-order valence-corrected chi connectivity index (χ0v) is 5.13. The third-order valence-corrected chi connectivity index (χ3v) is 0.934. The first-order valence-electron chi connectivity index (χ1n) is 2.59. The molecule has 0 unspecified atom stereocenters. The number of aromatic hydroxyl groups is 1. The fraction of sp³-hybridized carbons (Fsp3) is 0.333. The highest BCUT2D eigenvalue weighted by atomic mass is 16.5. The predicted molar refractivity (Wildman–Crippen MR) is 31.1 cm³/mol. The Hall–Kier alpha value is -0.960. The van der Waals surface area contributed by atoms with Gasteiger partial charge >= 0.3 is 0 Å². The number of rotatable bonds is 2. The molecule has 0 aliphatic carbocycles. The minimum absolute atomic E-state index is 0.0675. The maximum Gasteiger partial charge on any atom is 0.282 e. The Kier molecular flexibility index (Phi) is 1.75. The lowest BCUT2D eigenvalue weighted by atomic mass is 10.5. The van der Waals surface area contributed by atoms with E-state index in [9.17, 15) is 0 Å². The molecule has 0 bridgehead atoms. The van der Waals surface area contributed by atoms with Crippen LogP contribution >= 0.6 is 0 Å². The molecule has 0 saturated heterocycles. The molecule has 1 aromatic heterocycles. The monoisotopic (exact) mass is 128 g/mol. The summed E-state index contributed by atoms with van der Waals surface area (Å²) in [6.07, 6.45) is 0. The lowest BCUT2D eigenvalue weighted by Gasteiger charge is -1.89. The van der Waals surface area contributed by atoms with Gasteiger partial charge in [0.2, 0.25) is 0 Å². The molecule has 0 atom stereocenters. The van der Waals surface area contributed by atoms with Crippen molar-refractivity contribution < 1.29 is 14.3 Å². The SMILES string of the molecule is COCc1ccc(O)o1. The molecule has 1 rings (SSSR count). The molecule has 1 N–H and O–H groups in total. The Balaban J connectivity index is 2.61. The molecule has 50 valence electrons. The van der Waals surface area contributed by atoms with E-state index in [-0.39, 0.29) is 5.95 Å². The molecular weight excluding hydrogens is 120 g/mol. The molecule has 3 nitrogen and oxygen atoms in total. The van der Waals surface area contributed by atoms with Crippen molar-refractivity contribution in [3.63, 3.8) is 0 Å². The largest absolute Gasteiger partial charge is 0.481 e. The van der Waals surface area contributed by atoms with Crippen molar-refractivity contribution in [3.8, 4) is 5.95 Å². The number of methoxy groups -OCH3 is 1. The van der Waals surface area contributed by atoms with Crippen LogP contribution in [0.4, 0.5) is 0 Å². The van der Waals surface area contributed by atoms with Crippen molar-refractivity contribution >= 4 is 0 Å². The molecule has 0 aliphatic rings. The van der Waals surface area contributed by atoms with Crippen LogP contribution in [0.3, 0.4) is 0 Å². The summed E-state index contributed by atoms with van der Waals surface area (Å²) in [4.78, 5) is 0. The third-order valence-electron chi connectivity index (χ3n) is 0.934. The molecule has 0 fully saturated rings. The summed E-state index contributed by atoms with van der Waals surface area (Å²) < 4.78 is 9.49. The third kappa shape index (κ3) is 1.47. The van der Waals surface area contributed by atoms with Crippen molar-refractivity contribution in [2.75, 3.05) is 7.11 Å². The summed E-state index contributed by atoms with van der Waals surface area (Å²) >= 11 is 0. The van der Waals surface area contributed by atoms with Gasteiger partial charge in [0, 0.05) is 13.2 Å². The maximum absolute atomic E-state index is 8.66. The van der Waals surface area contributed by atoms with Crippen molar-refractivity contribution in [3.05, 3.63) is 17.9 Å². The molecule has 0 spiro atoms. The van der Waals surface area contributed by atoms with Crippen LogP contribution in [0.5, 0.6) is 5.95 Å². The number of ether oxygens (including phenoxy) is 1. The molecule has 0 amide bonds. The molecule has 0 saturated carbocycles. The van der Waals surface area contributed by atoms with Crippen LogP contribution in [0.25, 0.3) is 0 Å². The number of furan rings is 1. The smallest absolute Gasteiger partial charge is 0.282 e. The summed E-state index contributed by atoms with van der Waals surface area (Å²) in [5.41, 5.74) is 0. The van der Waals surface area contributed by atoms with Gasteiger partial charge in [-0.15, -0.1) is 0 Å². The highest BCUT2D eigenvalue weighted by Crippen LogP contribution is 2.13. The number of hydrogen-bond donors (Lipinski definition) is 1. The van der Waals surface area contributed by atoms with E-state index in [1.165, 1.54) is 6.07 Å². The number of hydrogen-bond acceptors (Lipinski definition) is 3. The zero-order valence-electron chi connectivity index (χ0n) is 5.13. The van der Waals surface area contributed by atoms with Crippen LogP contribution < -0.4 is 0 Å². The topological polar surface area (TPSA) is 42.6 Å². The summed E-state index contributed by atoms with van der Waals surface area (Å²) in [5.74, 6) is 0.567. The van der Waals surface area contributed by atoms with Crippen molar-refractivity contribution in [1.29, 1.82) is 0 Å². The van der Waals surface area contributed by atoms with Gasteiger partial charge in [0.15, 0.2) is 0 Å². The molecular formula is C6H8O3. The Morgan fingerprint density at radius 2 is 2.44 bits per heavy atom. The van der Waals surface area contributed by atoms with Crippen LogP contribution in [0.2, 0.25) is 0 Å².